The van der Waals surface area contributed by atoms with E-state index in [0.717, 1.165) is 22.3 Å². The van der Waals surface area contributed by atoms with Crippen LogP contribution in [0.3, 0.4) is 0 Å². The van der Waals surface area contributed by atoms with E-state index in [9.17, 15) is 4.79 Å². The van der Waals surface area contributed by atoms with Crippen molar-refractivity contribution in [2.24, 2.45) is 17.3 Å². The number of hydrogen-bond acceptors (Lipinski definition) is 2. The minimum Gasteiger partial charge on any atom is -0.461 e. The molecule has 2 aromatic rings. The van der Waals surface area contributed by atoms with E-state index in [4.69, 9.17) is 4.74 Å². The first kappa shape index (κ1) is 18.2. The van der Waals surface area contributed by atoms with E-state index in [-0.39, 0.29) is 23.9 Å². The zero-order valence-corrected chi connectivity index (χ0v) is 15.7. The van der Waals surface area contributed by atoms with E-state index in [1.807, 2.05) is 36.4 Å². The van der Waals surface area contributed by atoms with Gasteiger partial charge in [0, 0.05) is 0 Å². The summed E-state index contributed by atoms with van der Waals surface area (Å²) in [5, 5.41) is 0. The summed E-state index contributed by atoms with van der Waals surface area (Å²) >= 11 is 0. The van der Waals surface area contributed by atoms with E-state index in [1.165, 1.54) is 0 Å². The maximum absolute atomic E-state index is 12.5. The Balaban J connectivity index is 1.90. The molecule has 0 spiro atoms. The highest BCUT2D eigenvalue weighted by atomic mass is 16.5. The number of esters is 1. The lowest BCUT2D eigenvalue weighted by Gasteiger charge is -2.15. The van der Waals surface area contributed by atoms with Crippen LogP contribution in [-0.2, 0) is 9.53 Å². The van der Waals surface area contributed by atoms with Crippen LogP contribution in [-0.4, -0.2) is 12.6 Å². The van der Waals surface area contributed by atoms with Crippen molar-refractivity contribution in [3.05, 3.63) is 90.0 Å². The van der Waals surface area contributed by atoms with Crippen molar-refractivity contribution < 1.29 is 9.53 Å². The van der Waals surface area contributed by atoms with Crippen LogP contribution < -0.4 is 0 Å². The molecule has 0 aliphatic heterocycles. The number of rotatable bonds is 6. The Hall–Kier alpha value is -2.61. The summed E-state index contributed by atoms with van der Waals surface area (Å²) < 4.78 is 5.68. The van der Waals surface area contributed by atoms with Gasteiger partial charge in [0.1, 0.15) is 6.61 Å². The van der Waals surface area contributed by atoms with Gasteiger partial charge in [0.15, 0.2) is 0 Å². The Bertz CT molecular complexity index is 774. The van der Waals surface area contributed by atoms with Gasteiger partial charge in [-0.2, -0.15) is 0 Å². The molecule has 2 heteroatoms. The predicted octanol–water partition coefficient (Wildman–Crippen LogP) is 5.51. The molecule has 26 heavy (non-hydrogen) atoms. The number of ether oxygens (including phenoxy) is 1. The summed E-state index contributed by atoms with van der Waals surface area (Å²) in [6, 6.07) is 20.3. The Morgan fingerprint density at radius 1 is 1.04 bits per heavy atom. The molecular formula is C24H26O2. The normalized spacial score (nSPS) is 20.1. The maximum Gasteiger partial charge on any atom is 0.310 e. The molecule has 0 bridgehead atoms. The van der Waals surface area contributed by atoms with Gasteiger partial charge < -0.3 is 4.74 Å². The maximum atomic E-state index is 12.5. The third-order valence-corrected chi connectivity index (χ3v) is 5.68. The molecule has 0 amide bonds. The highest BCUT2D eigenvalue weighted by Gasteiger charge is 2.59. The molecule has 2 atom stereocenters. The molecule has 1 fully saturated rings. The first-order chi connectivity index (χ1) is 12.5. The van der Waals surface area contributed by atoms with Gasteiger partial charge in [0.05, 0.1) is 5.92 Å². The van der Waals surface area contributed by atoms with Crippen LogP contribution in [0.25, 0.3) is 5.57 Å². The highest BCUT2D eigenvalue weighted by Crippen LogP contribution is 2.58. The summed E-state index contributed by atoms with van der Waals surface area (Å²) in [4.78, 5) is 12.5. The Kier molecular flexibility index (Phi) is 5.13. The van der Waals surface area contributed by atoms with Crippen LogP contribution in [0.15, 0.2) is 78.9 Å². The number of hydrogen-bond donors (Lipinski definition) is 0. The van der Waals surface area contributed by atoms with Crippen molar-refractivity contribution in [3.63, 3.8) is 0 Å². The minimum atomic E-state index is -0.109. The molecule has 134 valence electrons. The summed E-state index contributed by atoms with van der Waals surface area (Å²) in [5.41, 5.74) is 4.19. The Morgan fingerprint density at radius 2 is 1.50 bits per heavy atom. The second-order valence-corrected chi connectivity index (χ2v) is 7.53. The first-order valence-corrected chi connectivity index (χ1v) is 9.10. The lowest BCUT2D eigenvalue weighted by molar-refractivity contribution is -0.145. The van der Waals surface area contributed by atoms with Crippen molar-refractivity contribution in [1.82, 2.24) is 0 Å². The SMILES string of the molecule is C=CC(COC(=O)C1C(C)C1(C)C)=C(c1ccccc1)c1ccccc1. The monoisotopic (exact) mass is 346 g/mol. The lowest BCUT2D eigenvalue weighted by atomic mass is 9.93. The fraction of sp³-hybridized carbons (Fsp3) is 0.292. The smallest absolute Gasteiger partial charge is 0.310 e. The second-order valence-electron chi connectivity index (χ2n) is 7.53. The molecule has 0 radical (unpaired) electrons. The van der Waals surface area contributed by atoms with Crippen LogP contribution in [0.4, 0.5) is 0 Å². The van der Waals surface area contributed by atoms with E-state index < -0.39 is 0 Å². The van der Waals surface area contributed by atoms with Crippen molar-refractivity contribution in [1.29, 1.82) is 0 Å². The Labute approximate surface area is 156 Å². The lowest BCUT2D eigenvalue weighted by Crippen LogP contribution is -2.13. The van der Waals surface area contributed by atoms with Crippen LogP contribution >= 0.6 is 0 Å². The van der Waals surface area contributed by atoms with Gasteiger partial charge in [-0.3, -0.25) is 4.79 Å². The van der Waals surface area contributed by atoms with Crippen molar-refractivity contribution in [2.45, 2.75) is 20.8 Å². The average molecular weight is 346 g/mol. The molecule has 0 heterocycles. The molecule has 0 aromatic heterocycles. The van der Waals surface area contributed by atoms with Gasteiger partial charge in [-0.05, 0) is 33.6 Å². The van der Waals surface area contributed by atoms with Crippen LogP contribution in [0.5, 0.6) is 0 Å². The van der Waals surface area contributed by atoms with Gasteiger partial charge in [-0.25, -0.2) is 0 Å². The average Bonchev–Trinajstić information content (AvgIpc) is 3.17. The van der Waals surface area contributed by atoms with Crippen molar-refractivity contribution >= 4 is 11.5 Å². The third-order valence-electron chi connectivity index (χ3n) is 5.68. The third kappa shape index (κ3) is 3.50. The number of benzene rings is 2. The zero-order valence-electron chi connectivity index (χ0n) is 15.7. The molecule has 1 saturated carbocycles. The van der Waals surface area contributed by atoms with E-state index in [2.05, 4.69) is 51.6 Å². The standard InChI is InChI=1S/C24H26O2/c1-5-18(16-26-23(25)22-17(2)24(22,3)4)21(19-12-8-6-9-13-19)20-14-10-7-11-15-20/h5-15,17,22H,1,16H2,2-4H3. The quantitative estimate of drug-likeness (QED) is 0.509. The van der Waals surface area contributed by atoms with E-state index >= 15 is 0 Å². The number of carbonyl (C=O) groups is 1. The van der Waals surface area contributed by atoms with Gasteiger partial charge >= 0.3 is 5.97 Å². The molecule has 2 aromatic carbocycles. The fourth-order valence-electron chi connectivity index (χ4n) is 3.62. The largest absolute Gasteiger partial charge is 0.461 e. The molecule has 0 saturated heterocycles. The molecule has 3 rings (SSSR count). The van der Waals surface area contributed by atoms with Crippen molar-refractivity contribution in [3.8, 4) is 0 Å². The van der Waals surface area contributed by atoms with Gasteiger partial charge in [0.2, 0.25) is 0 Å². The van der Waals surface area contributed by atoms with E-state index in [1.54, 1.807) is 6.08 Å². The highest BCUT2D eigenvalue weighted by molar-refractivity contribution is 5.84. The molecule has 1 aliphatic carbocycles. The molecule has 1 aliphatic rings. The molecule has 0 N–H and O–H groups in total. The summed E-state index contributed by atoms with van der Waals surface area (Å²) in [6.45, 7) is 10.5. The minimum absolute atomic E-state index is 0.00883. The van der Waals surface area contributed by atoms with Gasteiger partial charge in [-0.1, -0.05) is 94.1 Å². The predicted molar refractivity (Wildman–Crippen MR) is 106 cm³/mol. The topological polar surface area (TPSA) is 26.3 Å². The Morgan fingerprint density at radius 3 is 1.88 bits per heavy atom. The zero-order chi connectivity index (χ0) is 18.7. The summed E-state index contributed by atoms with van der Waals surface area (Å²) in [7, 11) is 0. The fourth-order valence-corrected chi connectivity index (χ4v) is 3.62. The molecular weight excluding hydrogens is 320 g/mol. The summed E-state index contributed by atoms with van der Waals surface area (Å²) in [5.74, 6) is 0.252. The summed E-state index contributed by atoms with van der Waals surface area (Å²) in [6.07, 6.45) is 1.80. The van der Waals surface area contributed by atoms with Crippen LogP contribution in [0.1, 0.15) is 31.9 Å². The van der Waals surface area contributed by atoms with Crippen LogP contribution in [0.2, 0.25) is 0 Å². The first-order valence-electron chi connectivity index (χ1n) is 9.10. The molecule has 2 unspecified atom stereocenters. The van der Waals surface area contributed by atoms with Gasteiger partial charge in [-0.15, -0.1) is 0 Å². The number of carbonyl (C=O) groups excluding carboxylic acids is 1. The van der Waals surface area contributed by atoms with Crippen molar-refractivity contribution in [2.75, 3.05) is 6.61 Å². The van der Waals surface area contributed by atoms with Gasteiger partial charge in [0.25, 0.3) is 0 Å². The second kappa shape index (κ2) is 7.33. The van der Waals surface area contributed by atoms with E-state index in [0.29, 0.717) is 5.92 Å². The van der Waals surface area contributed by atoms with Crippen LogP contribution in [0, 0.1) is 17.3 Å². The molecule has 2 nitrogen and oxygen atoms in total.